The average molecular weight is 358 g/mol. The third kappa shape index (κ3) is 3.67. The summed E-state index contributed by atoms with van der Waals surface area (Å²) in [7, 11) is 0. The van der Waals surface area contributed by atoms with Crippen molar-refractivity contribution in [3.8, 4) is 5.75 Å². The van der Waals surface area contributed by atoms with E-state index >= 15 is 0 Å². The molecule has 2 aromatic carbocycles. The van der Waals surface area contributed by atoms with Crippen LogP contribution in [0, 0.1) is 10.1 Å². The predicted octanol–water partition coefficient (Wildman–Crippen LogP) is 3.81. The zero-order valence-electron chi connectivity index (χ0n) is 12.8. The first-order valence-electron chi connectivity index (χ1n) is 7.25. The molecule has 1 amide bonds. The summed E-state index contributed by atoms with van der Waals surface area (Å²) in [4.78, 5) is 26.7. The van der Waals surface area contributed by atoms with Crippen LogP contribution in [-0.2, 0) is 4.79 Å². The molecule has 0 bridgehead atoms. The van der Waals surface area contributed by atoms with Crippen molar-refractivity contribution in [2.24, 2.45) is 0 Å². The van der Waals surface area contributed by atoms with E-state index in [2.05, 4.69) is 10.3 Å². The first-order chi connectivity index (χ1) is 12.1. The molecule has 1 heterocycles. The molecule has 0 radical (unpaired) electrons. The predicted molar refractivity (Wildman–Crippen MR) is 94.0 cm³/mol. The van der Waals surface area contributed by atoms with Crippen LogP contribution in [0.3, 0.4) is 0 Å². The SMILES string of the molecule is O=C(COc1ccc(Cl)c2cccnc12)Nc1ccccc1[N+](=O)[O-]. The molecule has 1 aromatic heterocycles. The minimum Gasteiger partial charge on any atom is -0.481 e. The average Bonchev–Trinajstić information content (AvgIpc) is 2.62. The molecule has 1 N–H and O–H groups in total. The molecule has 0 aliphatic carbocycles. The van der Waals surface area contributed by atoms with Crippen molar-refractivity contribution < 1.29 is 14.5 Å². The number of aromatic nitrogens is 1. The first-order valence-corrected chi connectivity index (χ1v) is 7.63. The molecule has 0 saturated heterocycles. The van der Waals surface area contributed by atoms with Gasteiger partial charge in [-0.2, -0.15) is 0 Å². The number of halogens is 1. The third-order valence-corrected chi connectivity index (χ3v) is 3.74. The summed E-state index contributed by atoms with van der Waals surface area (Å²) in [5.74, 6) is -0.119. The summed E-state index contributed by atoms with van der Waals surface area (Å²) >= 11 is 6.11. The van der Waals surface area contributed by atoms with Gasteiger partial charge in [0.25, 0.3) is 11.6 Å². The van der Waals surface area contributed by atoms with E-state index in [0.29, 0.717) is 21.7 Å². The van der Waals surface area contributed by atoms with Crippen LogP contribution in [0.4, 0.5) is 11.4 Å². The van der Waals surface area contributed by atoms with Gasteiger partial charge in [-0.1, -0.05) is 23.7 Å². The van der Waals surface area contributed by atoms with Gasteiger partial charge in [0.1, 0.15) is 17.0 Å². The number of nitro groups is 1. The minimum absolute atomic E-state index is 0.111. The van der Waals surface area contributed by atoms with Crippen LogP contribution in [0.2, 0.25) is 5.02 Å². The fourth-order valence-electron chi connectivity index (χ4n) is 2.30. The summed E-state index contributed by atoms with van der Waals surface area (Å²) in [6.07, 6.45) is 1.60. The van der Waals surface area contributed by atoms with Crippen LogP contribution in [0.1, 0.15) is 0 Å². The number of benzene rings is 2. The zero-order valence-corrected chi connectivity index (χ0v) is 13.6. The lowest BCUT2D eigenvalue weighted by Crippen LogP contribution is -2.20. The number of hydrogen-bond donors (Lipinski definition) is 1. The molecular formula is C17H12ClN3O4. The lowest BCUT2D eigenvalue weighted by atomic mass is 10.2. The van der Waals surface area contributed by atoms with Gasteiger partial charge in [-0.3, -0.25) is 19.9 Å². The van der Waals surface area contributed by atoms with Crippen LogP contribution in [0.25, 0.3) is 10.9 Å². The highest BCUT2D eigenvalue weighted by Gasteiger charge is 2.15. The molecule has 126 valence electrons. The Balaban J connectivity index is 1.74. The number of para-hydroxylation sites is 2. The molecule has 25 heavy (non-hydrogen) atoms. The number of carbonyl (C=O) groups excluding carboxylic acids is 1. The van der Waals surface area contributed by atoms with Gasteiger partial charge in [-0.15, -0.1) is 0 Å². The number of amides is 1. The molecule has 0 unspecified atom stereocenters. The van der Waals surface area contributed by atoms with E-state index in [4.69, 9.17) is 16.3 Å². The van der Waals surface area contributed by atoms with E-state index in [1.807, 2.05) is 0 Å². The Morgan fingerprint density at radius 3 is 2.80 bits per heavy atom. The van der Waals surface area contributed by atoms with Gasteiger partial charge in [0.05, 0.1) is 9.95 Å². The number of nitro benzene ring substituents is 1. The molecule has 0 aliphatic rings. The van der Waals surface area contributed by atoms with Gasteiger partial charge in [0.15, 0.2) is 6.61 Å². The van der Waals surface area contributed by atoms with E-state index in [-0.39, 0.29) is 18.0 Å². The maximum Gasteiger partial charge on any atom is 0.292 e. The highest BCUT2D eigenvalue weighted by Crippen LogP contribution is 2.29. The second-order valence-electron chi connectivity index (χ2n) is 5.06. The van der Waals surface area contributed by atoms with Crippen LogP contribution in [0.15, 0.2) is 54.7 Å². The van der Waals surface area contributed by atoms with Crippen LogP contribution in [-0.4, -0.2) is 22.4 Å². The van der Waals surface area contributed by atoms with E-state index in [1.54, 1.807) is 36.5 Å². The number of anilines is 1. The second kappa shape index (κ2) is 7.14. The molecule has 0 saturated carbocycles. The number of nitrogens with zero attached hydrogens (tertiary/aromatic N) is 2. The Kier molecular flexibility index (Phi) is 4.76. The molecule has 3 aromatic rings. The second-order valence-corrected chi connectivity index (χ2v) is 5.46. The number of pyridine rings is 1. The number of rotatable bonds is 5. The number of fused-ring (bicyclic) bond motifs is 1. The van der Waals surface area contributed by atoms with Crippen molar-refractivity contribution >= 4 is 39.8 Å². The fourth-order valence-corrected chi connectivity index (χ4v) is 2.51. The Morgan fingerprint density at radius 2 is 2.00 bits per heavy atom. The molecule has 0 atom stereocenters. The lowest BCUT2D eigenvalue weighted by molar-refractivity contribution is -0.383. The molecule has 0 spiro atoms. The van der Waals surface area contributed by atoms with Crippen molar-refractivity contribution in [3.05, 3.63) is 69.9 Å². The van der Waals surface area contributed by atoms with Crippen molar-refractivity contribution in [3.63, 3.8) is 0 Å². The summed E-state index contributed by atoms with van der Waals surface area (Å²) in [5.41, 5.74) is 0.461. The number of carbonyl (C=O) groups is 1. The zero-order chi connectivity index (χ0) is 17.8. The van der Waals surface area contributed by atoms with Crippen LogP contribution < -0.4 is 10.1 Å². The maximum atomic E-state index is 12.1. The quantitative estimate of drug-likeness (QED) is 0.553. The molecule has 3 rings (SSSR count). The molecule has 7 nitrogen and oxygen atoms in total. The van der Waals surface area contributed by atoms with Gasteiger partial charge in [-0.05, 0) is 30.3 Å². The molecule has 0 aliphatic heterocycles. The standard InChI is InChI=1S/C17H12ClN3O4/c18-12-7-8-15(17-11(12)4-3-9-19-17)25-10-16(22)20-13-5-1-2-6-14(13)21(23)24/h1-9H,10H2,(H,20,22). The monoisotopic (exact) mass is 357 g/mol. The van der Waals surface area contributed by atoms with Gasteiger partial charge >= 0.3 is 0 Å². The number of ether oxygens (including phenoxy) is 1. The Morgan fingerprint density at radius 1 is 1.20 bits per heavy atom. The van der Waals surface area contributed by atoms with Gasteiger partial charge in [0, 0.05) is 17.6 Å². The summed E-state index contributed by atoms with van der Waals surface area (Å²) in [6, 6.07) is 12.7. The Hall–Kier alpha value is -3.19. The van der Waals surface area contributed by atoms with E-state index in [0.717, 1.165) is 0 Å². The molecular weight excluding hydrogens is 346 g/mol. The van der Waals surface area contributed by atoms with Crippen molar-refractivity contribution in [2.45, 2.75) is 0 Å². The van der Waals surface area contributed by atoms with Crippen molar-refractivity contribution in [2.75, 3.05) is 11.9 Å². The lowest BCUT2D eigenvalue weighted by Gasteiger charge is -2.10. The van der Waals surface area contributed by atoms with E-state index in [1.165, 1.54) is 18.2 Å². The molecule has 8 heteroatoms. The van der Waals surface area contributed by atoms with Gasteiger partial charge in [0.2, 0.25) is 0 Å². The summed E-state index contributed by atoms with van der Waals surface area (Å²) in [6.45, 7) is -0.320. The smallest absolute Gasteiger partial charge is 0.292 e. The van der Waals surface area contributed by atoms with Crippen molar-refractivity contribution in [1.29, 1.82) is 0 Å². The third-order valence-electron chi connectivity index (χ3n) is 3.41. The normalized spacial score (nSPS) is 10.4. The highest BCUT2D eigenvalue weighted by molar-refractivity contribution is 6.35. The summed E-state index contributed by atoms with van der Waals surface area (Å²) < 4.78 is 5.51. The highest BCUT2D eigenvalue weighted by atomic mass is 35.5. The summed E-state index contributed by atoms with van der Waals surface area (Å²) in [5, 5.41) is 14.7. The number of hydrogen-bond acceptors (Lipinski definition) is 5. The maximum absolute atomic E-state index is 12.1. The Bertz CT molecular complexity index is 962. The van der Waals surface area contributed by atoms with Crippen molar-refractivity contribution in [1.82, 2.24) is 4.98 Å². The van der Waals surface area contributed by atoms with E-state index < -0.39 is 10.8 Å². The van der Waals surface area contributed by atoms with E-state index in [9.17, 15) is 14.9 Å². The minimum atomic E-state index is -0.562. The first kappa shape index (κ1) is 16.7. The van der Waals surface area contributed by atoms with Gasteiger partial charge in [-0.25, -0.2) is 0 Å². The van der Waals surface area contributed by atoms with Gasteiger partial charge < -0.3 is 10.1 Å². The topological polar surface area (TPSA) is 94.4 Å². The molecule has 0 fully saturated rings. The Labute approximate surface area is 147 Å². The van der Waals surface area contributed by atoms with Crippen LogP contribution in [0.5, 0.6) is 5.75 Å². The number of nitrogens with one attached hydrogen (secondary N) is 1. The fraction of sp³-hybridized carbons (Fsp3) is 0.0588. The van der Waals surface area contributed by atoms with Crippen LogP contribution >= 0.6 is 11.6 Å². The largest absolute Gasteiger partial charge is 0.481 e.